The van der Waals surface area contributed by atoms with Crippen molar-refractivity contribution >= 4 is 17.6 Å². The number of hydrogen-bond donors (Lipinski definition) is 1. The number of anilines is 1. The Hall–Kier alpha value is -3.48. The fraction of sp³-hybridized carbons (Fsp3) is 0.238. The number of benzene rings is 1. The van der Waals surface area contributed by atoms with Gasteiger partial charge in [-0.25, -0.2) is 0 Å². The predicted octanol–water partition coefficient (Wildman–Crippen LogP) is 2.57. The first kappa shape index (κ1) is 17.9. The highest BCUT2D eigenvalue weighted by Crippen LogP contribution is 2.27. The minimum absolute atomic E-state index is 0.104. The van der Waals surface area contributed by atoms with Gasteiger partial charge in [0.05, 0.1) is 6.54 Å². The van der Waals surface area contributed by atoms with Crippen molar-refractivity contribution in [3.05, 3.63) is 76.7 Å². The highest BCUT2D eigenvalue weighted by Gasteiger charge is 2.29. The van der Waals surface area contributed by atoms with Gasteiger partial charge in [0.2, 0.25) is 0 Å². The molecule has 142 valence electrons. The molecule has 28 heavy (non-hydrogen) atoms. The Morgan fingerprint density at radius 2 is 1.89 bits per heavy atom. The second-order valence-corrected chi connectivity index (χ2v) is 6.86. The molecule has 0 saturated carbocycles. The fourth-order valence-corrected chi connectivity index (χ4v) is 3.49. The van der Waals surface area contributed by atoms with E-state index in [1.165, 1.54) is 0 Å². The first-order valence-corrected chi connectivity index (χ1v) is 9.16. The Balaban J connectivity index is 1.59. The van der Waals surface area contributed by atoms with Crippen LogP contribution in [0.2, 0.25) is 0 Å². The van der Waals surface area contributed by atoms with Gasteiger partial charge in [-0.05, 0) is 30.7 Å². The molecular weight excluding hydrogens is 354 g/mol. The first-order chi connectivity index (χ1) is 13.5. The fourth-order valence-electron chi connectivity index (χ4n) is 3.49. The number of nitrogens with one attached hydrogen (secondary N) is 1. The molecule has 1 aromatic carbocycles. The van der Waals surface area contributed by atoms with Crippen LogP contribution in [0.3, 0.4) is 0 Å². The third-order valence-electron chi connectivity index (χ3n) is 5.01. The standard InChI is InChI=1S/C21H21N5O2/c1-14-7-6-11-22-18(14)21(28)26-12-10-17-16(13-26)19(24-25(17)2)23-20(27)15-8-4-3-5-9-15/h3-9,11H,10,12-13H2,1-2H3,(H,23,24,27). The summed E-state index contributed by atoms with van der Waals surface area (Å²) in [4.78, 5) is 31.5. The van der Waals surface area contributed by atoms with Crippen molar-refractivity contribution in [2.75, 3.05) is 11.9 Å². The Morgan fingerprint density at radius 3 is 2.64 bits per heavy atom. The molecule has 0 fully saturated rings. The van der Waals surface area contributed by atoms with Crippen molar-refractivity contribution in [2.45, 2.75) is 19.9 Å². The molecule has 0 unspecified atom stereocenters. The zero-order valence-corrected chi connectivity index (χ0v) is 15.8. The number of carbonyl (C=O) groups is 2. The van der Waals surface area contributed by atoms with Crippen molar-refractivity contribution < 1.29 is 9.59 Å². The number of rotatable bonds is 3. The molecule has 0 saturated heterocycles. The Labute approximate surface area is 163 Å². The number of hydrogen-bond acceptors (Lipinski definition) is 4. The zero-order valence-electron chi connectivity index (χ0n) is 15.8. The number of nitrogens with zero attached hydrogens (tertiary/aromatic N) is 4. The third-order valence-corrected chi connectivity index (χ3v) is 5.01. The molecule has 0 bridgehead atoms. The van der Waals surface area contributed by atoms with E-state index < -0.39 is 0 Å². The number of carbonyl (C=O) groups excluding carboxylic acids is 2. The van der Waals surface area contributed by atoms with Crippen molar-refractivity contribution in [3.8, 4) is 0 Å². The van der Waals surface area contributed by atoms with Gasteiger partial charge in [-0.3, -0.25) is 19.3 Å². The van der Waals surface area contributed by atoms with Crippen molar-refractivity contribution in [1.29, 1.82) is 0 Å². The normalized spacial score (nSPS) is 13.1. The highest BCUT2D eigenvalue weighted by molar-refractivity contribution is 6.04. The van der Waals surface area contributed by atoms with Crippen LogP contribution in [-0.2, 0) is 20.0 Å². The minimum atomic E-state index is -0.217. The molecule has 1 aliphatic rings. The topological polar surface area (TPSA) is 80.1 Å². The average molecular weight is 375 g/mol. The van der Waals surface area contributed by atoms with Crippen LogP contribution in [0, 0.1) is 6.92 Å². The SMILES string of the molecule is Cc1cccnc1C(=O)N1CCc2c(c(NC(=O)c3ccccc3)nn2C)C1. The maximum atomic E-state index is 12.9. The quantitative estimate of drug-likeness (QED) is 0.763. The van der Waals surface area contributed by atoms with Crippen molar-refractivity contribution in [2.24, 2.45) is 7.05 Å². The van der Waals surface area contributed by atoms with Gasteiger partial charge in [0.25, 0.3) is 11.8 Å². The van der Waals surface area contributed by atoms with Gasteiger partial charge >= 0.3 is 0 Å². The number of pyridine rings is 1. The lowest BCUT2D eigenvalue weighted by atomic mass is 10.1. The zero-order chi connectivity index (χ0) is 19.7. The van der Waals surface area contributed by atoms with Gasteiger partial charge in [-0.1, -0.05) is 24.3 Å². The van der Waals surface area contributed by atoms with E-state index in [0.29, 0.717) is 36.6 Å². The van der Waals surface area contributed by atoms with Crippen molar-refractivity contribution in [3.63, 3.8) is 0 Å². The van der Waals surface area contributed by atoms with E-state index in [1.54, 1.807) is 27.9 Å². The van der Waals surface area contributed by atoms with Gasteiger partial charge in [0.1, 0.15) is 5.69 Å². The Bertz CT molecular complexity index is 1040. The smallest absolute Gasteiger partial charge is 0.273 e. The molecule has 0 atom stereocenters. The molecule has 1 N–H and O–H groups in total. The lowest BCUT2D eigenvalue weighted by Crippen LogP contribution is -2.37. The van der Waals surface area contributed by atoms with Crippen LogP contribution in [0.1, 0.15) is 37.7 Å². The van der Waals surface area contributed by atoms with Gasteiger partial charge < -0.3 is 10.2 Å². The summed E-state index contributed by atoms with van der Waals surface area (Å²) in [6.45, 7) is 2.86. The van der Waals surface area contributed by atoms with Crippen LogP contribution < -0.4 is 5.32 Å². The van der Waals surface area contributed by atoms with Crippen LogP contribution in [0.15, 0.2) is 48.7 Å². The second kappa shape index (κ2) is 7.26. The molecule has 1 aliphatic heterocycles. The van der Waals surface area contributed by atoms with E-state index in [2.05, 4.69) is 15.4 Å². The monoisotopic (exact) mass is 375 g/mol. The summed E-state index contributed by atoms with van der Waals surface area (Å²) in [5.74, 6) is 0.181. The van der Waals surface area contributed by atoms with E-state index in [9.17, 15) is 9.59 Å². The van der Waals surface area contributed by atoms with Crippen LogP contribution in [0.5, 0.6) is 0 Å². The highest BCUT2D eigenvalue weighted by atomic mass is 16.2. The molecule has 3 heterocycles. The number of amides is 2. The Morgan fingerprint density at radius 1 is 1.11 bits per heavy atom. The van der Waals surface area contributed by atoms with Gasteiger partial charge in [0.15, 0.2) is 5.82 Å². The molecule has 0 aliphatic carbocycles. The Kier molecular flexibility index (Phi) is 4.65. The molecule has 2 amide bonds. The van der Waals surface area contributed by atoms with E-state index in [1.807, 2.05) is 44.3 Å². The lowest BCUT2D eigenvalue weighted by molar-refractivity contribution is 0.0727. The van der Waals surface area contributed by atoms with Gasteiger partial charge in [0, 0.05) is 43.0 Å². The largest absolute Gasteiger partial charge is 0.332 e. The molecule has 0 spiro atoms. The maximum absolute atomic E-state index is 12.9. The third kappa shape index (κ3) is 3.26. The maximum Gasteiger partial charge on any atom is 0.273 e. The lowest BCUT2D eigenvalue weighted by Gasteiger charge is -2.27. The first-order valence-electron chi connectivity index (χ1n) is 9.16. The summed E-state index contributed by atoms with van der Waals surface area (Å²) in [6.07, 6.45) is 2.31. The predicted molar refractivity (Wildman–Crippen MR) is 105 cm³/mol. The molecule has 0 radical (unpaired) electrons. The van der Waals surface area contributed by atoms with Crippen molar-refractivity contribution in [1.82, 2.24) is 19.7 Å². The second-order valence-electron chi connectivity index (χ2n) is 6.86. The van der Waals surface area contributed by atoms with E-state index in [-0.39, 0.29) is 11.8 Å². The molecule has 4 rings (SSSR count). The molecule has 7 nitrogen and oxygen atoms in total. The average Bonchev–Trinajstić information content (AvgIpc) is 3.03. The minimum Gasteiger partial charge on any atom is -0.332 e. The molecule has 2 aromatic heterocycles. The van der Waals surface area contributed by atoms with E-state index in [4.69, 9.17) is 0 Å². The summed E-state index contributed by atoms with van der Waals surface area (Å²) >= 11 is 0. The van der Waals surface area contributed by atoms with Crippen LogP contribution in [0.4, 0.5) is 5.82 Å². The molecule has 3 aromatic rings. The van der Waals surface area contributed by atoms with E-state index >= 15 is 0 Å². The number of aromatic nitrogens is 3. The summed E-state index contributed by atoms with van der Waals surface area (Å²) in [7, 11) is 1.86. The summed E-state index contributed by atoms with van der Waals surface area (Å²) in [6, 6.07) is 12.7. The molecule has 7 heteroatoms. The van der Waals surface area contributed by atoms with Crippen LogP contribution in [0.25, 0.3) is 0 Å². The van der Waals surface area contributed by atoms with Crippen LogP contribution in [-0.4, -0.2) is 38.0 Å². The van der Waals surface area contributed by atoms with Gasteiger partial charge in [-0.2, -0.15) is 5.10 Å². The summed E-state index contributed by atoms with van der Waals surface area (Å²) in [5.41, 5.74) is 3.78. The number of aryl methyl sites for hydroxylation is 2. The summed E-state index contributed by atoms with van der Waals surface area (Å²) in [5, 5.41) is 7.37. The molecular formula is C21H21N5O2. The van der Waals surface area contributed by atoms with Crippen LogP contribution >= 0.6 is 0 Å². The summed E-state index contributed by atoms with van der Waals surface area (Å²) < 4.78 is 1.78. The van der Waals surface area contributed by atoms with Gasteiger partial charge in [-0.15, -0.1) is 0 Å². The number of fused-ring (bicyclic) bond motifs is 1. The van der Waals surface area contributed by atoms with E-state index in [0.717, 1.165) is 16.8 Å².